The first-order valence-corrected chi connectivity index (χ1v) is 12.7. The quantitative estimate of drug-likeness (QED) is 0.488. The van der Waals surface area contributed by atoms with Gasteiger partial charge in [0.15, 0.2) is 5.17 Å². The Morgan fingerprint density at radius 2 is 2.03 bits per heavy atom. The zero-order valence-electron chi connectivity index (χ0n) is 19.7. The number of alkyl halides is 3. The molecule has 1 fully saturated rings. The third-order valence-electron chi connectivity index (χ3n) is 6.41. The highest BCUT2D eigenvalue weighted by molar-refractivity contribution is 8.18. The number of hydrogen-bond acceptors (Lipinski definition) is 6. The van der Waals surface area contributed by atoms with E-state index in [0.717, 1.165) is 23.6 Å². The van der Waals surface area contributed by atoms with Gasteiger partial charge < -0.3 is 14.9 Å². The zero-order chi connectivity index (χ0) is 26.3. The van der Waals surface area contributed by atoms with E-state index in [4.69, 9.17) is 11.6 Å². The van der Waals surface area contributed by atoms with Gasteiger partial charge in [-0.15, -0.1) is 0 Å². The Balaban J connectivity index is 1.36. The Bertz CT molecular complexity index is 1420. The Labute approximate surface area is 220 Å². The minimum atomic E-state index is -4.53. The number of halogens is 4. The van der Waals surface area contributed by atoms with Gasteiger partial charge in [-0.1, -0.05) is 23.7 Å². The van der Waals surface area contributed by atoms with Crippen molar-refractivity contribution in [3.05, 3.63) is 69.2 Å². The maximum atomic E-state index is 13.5. The second-order valence-corrected chi connectivity index (χ2v) is 10.5. The first kappa shape index (κ1) is 25.8. The summed E-state index contributed by atoms with van der Waals surface area (Å²) < 4.78 is 42.0. The maximum Gasteiger partial charge on any atom is 0.416 e. The second kappa shape index (κ2) is 10.1. The Morgan fingerprint density at radius 3 is 2.78 bits per heavy atom. The second-order valence-electron chi connectivity index (χ2n) is 9.02. The van der Waals surface area contributed by atoms with Gasteiger partial charge in [-0.25, -0.2) is 0 Å². The molecule has 1 N–H and O–H groups in total. The largest absolute Gasteiger partial charge is 0.416 e. The van der Waals surface area contributed by atoms with Crippen molar-refractivity contribution in [3.63, 3.8) is 0 Å². The van der Waals surface area contributed by atoms with Crippen LogP contribution in [0.2, 0.25) is 5.02 Å². The van der Waals surface area contributed by atoms with E-state index < -0.39 is 11.7 Å². The number of carbonyl (C=O) groups excluding carboxylic acids is 1. The third kappa shape index (κ3) is 5.40. The molecule has 3 heterocycles. The molecule has 5 rings (SSSR count). The Hall–Kier alpha value is -2.86. The molecule has 7 nitrogen and oxygen atoms in total. The summed E-state index contributed by atoms with van der Waals surface area (Å²) >= 11 is 7.07. The molecule has 2 aromatic carbocycles. The van der Waals surface area contributed by atoms with Crippen LogP contribution in [0.15, 0.2) is 52.5 Å². The summed E-state index contributed by atoms with van der Waals surface area (Å²) in [7, 11) is 1.99. The van der Waals surface area contributed by atoms with Gasteiger partial charge in [0, 0.05) is 30.0 Å². The Morgan fingerprint density at radius 1 is 1.22 bits per heavy atom. The molecule has 0 aliphatic carbocycles. The van der Waals surface area contributed by atoms with Crippen LogP contribution >= 0.6 is 23.4 Å². The lowest BCUT2D eigenvalue weighted by molar-refractivity contribution is -0.138. The minimum Gasteiger partial charge on any atom is -0.394 e. The first-order valence-electron chi connectivity index (χ1n) is 11.5. The molecule has 1 atom stereocenters. The molecule has 1 saturated heterocycles. The third-order valence-corrected chi connectivity index (χ3v) is 7.67. The normalized spacial score (nSPS) is 20.3. The molecular formula is C25H23ClF3N5O2S. The summed E-state index contributed by atoms with van der Waals surface area (Å²) in [6.07, 6.45) is -1.20. The van der Waals surface area contributed by atoms with Crippen molar-refractivity contribution in [1.82, 2.24) is 19.6 Å². The molecule has 0 radical (unpaired) electrons. The first-order chi connectivity index (χ1) is 17.6. The standard InChI is InChI=1S/C25H23ClF3N5O2S/c1-32-6-7-33(19(13-32)14-35)24-31-23(36)22(37-24)9-15-2-5-21-17(8-15)11-30-34(21)12-16-3-4-18(26)10-20(16)25(27,28)29/h2-5,8-11,19,35H,6-7,12-14H2,1H3/t19-/m1/s1. The number of fused-ring (bicyclic) bond motifs is 1. The highest BCUT2D eigenvalue weighted by Crippen LogP contribution is 2.35. The fourth-order valence-corrected chi connectivity index (χ4v) is 5.71. The summed E-state index contributed by atoms with van der Waals surface area (Å²) in [5.41, 5.74) is 0.687. The van der Waals surface area contributed by atoms with Crippen molar-refractivity contribution >= 4 is 51.4 Å². The van der Waals surface area contributed by atoms with Crippen LogP contribution in [-0.2, 0) is 17.5 Å². The molecule has 12 heteroatoms. The number of hydrogen-bond donors (Lipinski definition) is 1. The average Bonchev–Trinajstić information content (AvgIpc) is 3.42. The minimum absolute atomic E-state index is 0.0186. The van der Waals surface area contributed by atoms with Crippen LogP contribution < -0.4 is 0 Å². The lowest BCUT2D eigenvalue weighted by Crippen LogP contribution is -2.54. The molecule has 2 aliphatic rings. The van der Waals surface area contributed by atoms with Crippen molar-refractivity contribution < 1.29 is 23.1 Å². The number of aliphatic hydroxyl groups is 1. The number of amides is 1. The lowest BCUT2D eigenvalue weighted by Gasteiger charge is -2.39. The molecule has 1 aromatic heterocycles. The van der Waals surface area contributed by atoms with Gasteiger partial charge in [0.1, 0.15) is 0 Å². The van der Waals surface area contributed by atoms with Crippen molar-refractivity contribution in [1.29, 1.82) is 0 Å². The van der Waals surface area contributed by atoms with Crippen LogP contribution in [0.4, 0.5) is 13.2 Å². The number of piperazine rings is 1. The molecule has 2 aliphatic heterocycles. The van der Waals surface area contributed by atoms with Gasteiger partial charge in [-0.05, 0) is 60.3 Å². The van der Waals surface area contributed by atoms with E-state index in [1.807, 2.05) is 18.0 Å². The van der Waals surface area contributed by atoms with Crippen molar-refractivity contribution in [2.75, 3.05) is 33.3 Å². The topological polar surface area (TPSA) is 74.0 Å². The van der Waals surface area contributed by atoms with Crippen molar-refractivity contribution in [3.8, 4) is 0 Å². The zero-order valence-corrected chi connectivity index (χ0v) is 21.3. The lowest BCUT2D eigenvalue weighted by atomic mass is 10.1. The molecule has 0 bridgehead atoms. The number of amidine groups is 1. The van der Waals surface area contributed by atoms with Crippen LogP contribution in [0, 0.1) is 0 Å². The summed E-state index contributed by atoms with van der Waals surface area (Å²) in [6.45, 7) is 2.06. The molecule has 194 valence electrons. The summed E-state index contributed by atoms with van der Waals surface area (Å²) in [6, 6.07) is 8.97. The van der Waals surface area contributed by atoms with E-state index in [2.05, 4.69) is 15.0 Å². The number of aromatic nitrogens is 2. The summed E-state index contributed by atoms with van der Waals surface area (Å²) in [5.74, 6) is -0.339. The molecule has 0 saturated carbocycles. The molecule has 37 heavy (non-hydrogen) atoms. The van der Waals surface area contributed by atoms with E-state index in [-0.39, 0.29) is 35.7 Å². The monoisotopic (exact) mass is 549 g/mol. The molecule has 3 aromatic rings. The van der Waals surface area contributed by atoms with Crippen LogP contribution in [0.3, 0.4) is 0 Å². The summed E-state index contributed by atoms with van der Waals surface area (Å²) in [4.78, 5) is 21.4. The Kier molecular flexibility index (Phi) is 7.06. The smallest absolute Gasteiger partial charge is 0.394 e. The number of aliphatic imine (C=N–C) groups is 1. The van der Waals surface area contributed by atoms with Crippen molar-refractivity contribution in [2.45, 2.75) is 18.8 Å². The van der Waals surface area contributed by atoms with Crippen molar-refractivity contribution in [2.24, 2.45) is 4.99 Å². The number of likely N-dealkylation sites (N-methyl/N-ethyl adjacent to an activating group) is 1. The van der Waals surface area contributed by atoms with Crippen LogP contribution in [0.1, 0.15) is 16.7 Å². The van der Waals surface area contributed by atoms with Gasteiger partial charge in [-0.3, -0.25) is 9.48 Å². The van der Waals surface area contributed by atoms with E-state index in [9.17, 15) is 23.1 Å². The SMILES string of the molecule is CN1CCN(C2=NC(=O)C(=Cc3ccc4c(cnn4Cc4ccc(Cl)cc4C(F)(F)F)c3)S2)[C@@H](CO)C1. The molecule has 1 amide bonds. The fraction of sp³-hybridized carbons (Fsp3) is 0.320. The maximum absolute atomic E-state index is 13.5. The highest BCUT2D eigenvalue weighted by Gasteiger charge is 2.34. The number of rotatable bonds is 4. The van der Waals surface area contributed by atoms with Gasteiger partial charge in [0.05, 0.1) is 41.4 Å². The van der Waals surface area contributed by atoms with Crippen LogP contribution in [0.5, 0.6) is 0 Å². The van der Waals surface area contributed by atoms with Crippen LogP contribution in [0.25, 0.3) is 17.0 Å². The molecular weight excluding hydrogens is 527 g/mol. The van der Waals surface area contributed by atoms with E-state index in [1.54, 1.807) is 24.4 Å². The van der Waals surface area contributed by atoms with E-state index >= 15 is 0 Å². The van der Waals surface area contributed by atoms with Gasteiger partial charge >= 0.3 is 6.18 Å². The van der Waals surface area contributed by atoms with Gasteiger partial charge in [0.2, 0.25) is 0 Å². The molecule has 0 unspecified atom stereocenters. The average molecular weight is 550 g/mol. The summed E-state index contributed by atoms with van der Waals surface area (Å²) in [5, 5.41) is 15.4. The fourth-order valence-electron chi connectivity index (χ4n) is 4.52. The van der Waals surface area contributed by atoms with E-state index in [1.165, 1.54) is 28.6 Å². The van der Waals surface area contributed by atoms with Gasteiger partial charge in [-0.2, -0.15) is 23.3 Å². The van der Waals surface area contributed by atoms with E-state index in [0.29, 0.717) is 28.7 Å². The predicted molar refractivity (Wildman–Crippen MR) is 138 cm³/mol. The molecule has 0 spiro atoms. The number of benzene rings is 2. The predicted octanol–water partition coefficient (Wildman–Crippen LogP) is 4.34. The number of aliphatic hydroxyl groups excluding tert-OH is 1. The van der Waals surface area contributed by atoms with Crippen LogP contribution in [-0.4, -0.2) is 75.1 Å². The number of thioether (sulfide) groups is 1. The van der Waals surface area contributed by atoms with Gasteiger partial charge in [0.25, 0.3) is 5.91 Å². The number of nitrogens with zero attached hydrogens (tertiary/aromatic N) is 5. The number of carbonyl (C=O) groups is 1. The highest BCUT2D eigenvalue weighted by atomic mass is 35.5.